The molecule has 0 radical (unpaired) electrons. The van der Waals surface area contributed by atoms with Crippen LogP contribution in [-0.4, -0.2) is 12.1 Å². The maximum absolute atomic E-state index is 11.2. The highest BCUT2D eigenvalue weighted by molar-refractivity contribution is 7.10. The van der Waals surface area contributed by atoms with Crippen molar-refractivity contribution in [1.29, 1.82) is 0 Å². The second-order valence-corrected chi connectivity index (χ2v) is 4.56. The van der Waals surface area contributed by atoms with Gasteiger partial charge in [0, 0.05) is 16.4 Å². The maximum atomic E-state index is 11.2. The highest BCUT2D eigenvalue weighted by atomic mass is 32.1. The summed E-state index contributed by atoms with van der Waals surface area (Å²) in [6, 6.07) is 1.99. The van der Waals surface area contributed by atoms with Crippen LogP contribution >= 0.6 is 11.3 Å². The molecule has 0 saturated heterocycles. The summed E-state index contributed by atoms with van der Waals surface area (Å²) >= 11 is 1.68. The van der Waals surface area contributed by atoms with Crippen LogP contribution in [-0.2, 0) is 4.79 Å². The summed E-state index contributed by atoms with van der Waals surface area (Å²) < 4.78 is 0. The van der Waals surface area contributed by atoms with Crippen LogP contribution in [0.3, 0.4) is 0 Å². The van der Waals surface area contributed by atoms with Gasteiger partial charge in [-0.15, -0.1) is 11.3 Å². The fourth-order valence-corrected chi connectivity index (χ4v) is 1.81. The van der Waals surface area contributed by atoms with E-state index in [2.05, 4.69) is 10.5 Å². The molecule has 0 atom stereocenters. The third-order valence-electron chi connectivity index (χ3n) is 2.23. The van der Waals surface area contributed by atoms with Crippen molar-refractivity contribution in [1.82, 2.24) is 5.43 Å². The van der Waals surface area contributed by atoms with Crippen molar-refractivity contribution < 1.29 is 4.79 Å². The van der Waals surface area contributed by atoms with Crippen LogP contribution in [0.4, 0.5) is 0 Å². The first-order valence-corrected chi connectivity index (χ1v) is 5.52. The summed E-state index contributed by atoms with van der Waals surface area (Å²) in [5.74, 6) is 0.268. The number of carbonyl (C=O) groups excluding carboxylic acids is 1. The van der Waals surface area contributed by atoms with Crippen LogP contribution in [0, 0.1) is 12.8 Å². The van der Waals surface area contributed by atoms with E-state index in [-0.39, 0.29) is 11.8 Å². The number of thiophene rings is 1. The fourth-order valence-electron chi connectivity index (χ4n) is 1.13. The Balaban J connectivity index is 1.87. The van der Waals surface area contributed by atoms with Gasteiger partial charge >= 0.3 is 0 Å². The quantitative estimate of drug-likeness (QED) is 0.598. The molecule has 1 aliphatic carbocycles. The molecule has 1 aromatic rings. The molecule has 1 amide bonds. The molecule has 1 aliphatic rings. The van der Waals surface area contributed by atoms with Gasteiger partial charge in [-0.3, -0.25) is 4.79 Å². The van der Waals surface area contributed by atoms with Gasteiger partial charge in [-0.25, -0.2) is 5.43 Å². The Morgan fingerprint density at radius 2 is 2.50 bits per heavy atom. The predicted molar refractivity (Wildman–Crippen MR) is 57.5 cm³/mol. The molecule has 74 valence electrons. The largest absolute Gasteiger partial charge is 0.273 e. The first-order chi connectivity index (χ1) is 6.77. The van der Waals surface area contributed by atoms with E-state index in [9.17, 15) is 4.79 Å². The summed E-state index contributed by atoms with van der Waals surface area (Å²) in [6.45, 7) is 2.04. The van der Waals surface area contributed by atoms with E-state index >= 15 is 0 Å². The summed E-state index contributed by atoms with van der Waals surface area (Å²) in [7, 11) is 0. The number of amides is 1. The zero-order valence-corrected chi connectivity index (χ0v) is 8.80. The van der Waals surface area contributed by atoms with Gasteiger partial charge < -0.3 is 0 Å². The lowest BCUT2D eigenvalue weighted by atomic mass is 10.3. The lowest BCUT2D eigenvalue weighted by Gasteiger charge is -1.94. The molecule has 1 aromatic heterocycles. The Morgan fingerprint density at radius 1 is 1.71 bits per heavy atom. The van der Waals surface area contributed by atoms with E-state index in [1.807, 2.05) is 18.4 Å². The standard InChI is InChI=1S/C10H12N2OS/c1-7-9(4-5-14-7)6-11-12-10(13)8-2-3-8/h4-6,8H,2-3H2,1H3,(H,12,13)/b11-6+. The second-order valence-electron chi connectivity index (χ2n) is 3.44. The Labute approximate surface area is 86.8 Å². The topological polar surface area (TPSA) is 41.5 Å². The van der Waals surface area contributed by atoms with Crippen LogP contribution in [0.5, 0.6) is 0 Å². The SMILES string of the molecule is Cc1sccc1/C=N/NC(=O)C1CC1. The monoisotopic (exact) mass is 208 g/mol. The average Bonchev–Trinajstić information content (AvgIpc) is 2.93. The summed E-state index contributed by atoms with van der Waals surface area (Å²) in [6.07, 6.45) is 3.73. The van der Waals surface area contributed by atoms with Crippen molar-refractivity contribution in [2.45, 2.75) is 19.8 Å². The summed E-state index contributed by atoms with van der Waals surface area (Å²) in [5, 5.41) is 5.93. The molecule has 4 heteroatoms. The van der Waals surface area contributed by atoms with Crippen molar-refractivity contribution in [3.63, 3.8) is 0 Å². The van der Waals surface area contributed by atoms with Gasteiger partial charge in [0.15, 0.2) is 0 Å². The van der Waals surface area contributed by atoms with Crippen LogP contribution in [0.25, 0.3) is 0 Å². The molecular formula is C10H12N2OS. The number of rotatable bonds is 3. The lowest BCUT2D eigenvalue weighted by molar-refractivity contribution is -0.122. The van der Waals surface area contributed by atoms with E-state index in [4.69, 9.17) is 0 Å². The molecular weight excluding hydrogens is 196 g/mol. The third-order valence-corrected chi connectivity index (χ3v) is 3.09. The van der Waals surface area contributed by atoms with Crippen molar-refractivity contribution in [3.05, 3.63) is 21.9 Å². The molecule has 0 unspecified atom stereocenters. The van der Waals surface area contributed by atoms with E-state index in [1.54, 1.807) is 17.6 Å². The smallest absolute Gasteiger partial charge is 0.243 e. The number of aryl methyl sites for hydroxylation is 1. The Bertz CT molecular complexity index is 366. The first kappa shape index (κ1) is 9.40. The number of carbonyl (C=O) groups is 1. The van der Waals surface area contributed by atoms with Crippen LogP contribution in [0.2, 0.25) is 0 Å². The van der Waals surface area contributed by atoms with Gasteiger partial charge in [-0.1, -0.05) is 0 Å². The highest BCUT2D eigenvalue weighted by Gasteiger charge is 2.29. The third kappa shape index (κ3) is 2.20. The van der Waals surface area contributed by atoms with Crippen LogP contribution in [0.15, 0.2) is 16.5 Å². The molecule has 3 nitrogen and oxygen atoms in total. The van der Waals surface area contributed by atoms with Gasteiger partial charge in [-0.05, 0) is 31.2 Å². The highest BCUT2D eigenvalue weighted by Crippen LogP contribution is 2.28. The van der Waals surface area contributed by atoms with Gasteiger partial charge in [0.05, 0.1) is 6.21 Å². The Kier molecular flexibility index (Phi) is 2.63. The first-order valence-electron chi connectivity index (χ1n) is 4.64. The fraction of sp³-hybridized carbons (Fsp3) is 0.400. The summed E-state index contributed by atoms with van der Waals surface area (Å²) in [5.41, 5.74) is 3.62. The minimum absolute atomic E-state index is 0.0501. The average molecular weight is 208 g/mol. The summed E-state index contributed by atoms with van der Waals surface area (Å²) in [4.78, 5) is 12.4. The molecule has 0 aromatic carbocycles. The van der Waals surface area contributed by atoms with Crippen LogP contribution < -0.4 is 5.43 Å². The molecule has 1 N–H and O–H groups in total. The minimum Gasteiger partial charge on any atom is -0.273 e. The predicted octanol–water partition coefficient (Wildman–Crippen LogP) is 1.92. The molecule has 1 fully saturated rings. The minimum atomic E-state index is 0.0501. The second kappa shape index (κ2) is 3.92. The Morgan fingerprint density at radius 3 is 3.07 bits per heavy atom. The zero-order chi connectivity index (χ0) is 9.97. The zero-order valence-electron chi connectivity index (χ0n) is 7.99. The number of nitrogens with one attached hydrogen (secondary N) is 1. The van der Waals surface area contributed by atoms with Crippen molar-refractivity contribution in [2.24, 2.45) is 11.0 Å². The Hall–Kier alpha value is -1.16. The van der Waals surface area contributed by atoms with Crippen LogP contribution in [0.1, 0.15) is 23.3 Å². The van der Waals surface area contributed by atoms with Gasteiger partial charge in [0.25, 0.3) is 0 Å². The lowest BCUT2D eigenvalue weighted by Crippen LogP contribution is -2.18. The maximum Gasteiger partial charge on any atom is 0.243 e. The number of hydrogen-bond donors (Lipinski definition) is 1. The number of hydrazone groups is 1. The van der Waals surface area contributed by atoms with Gasteiger partial charge in [-0.2, -0.15) is 5.10 Å². The van der Waals surface area contributed by atoms with E-state index in [0.717, 1.165) is 18.4 Å². The molecule has 2 rings (SSSR count). The normalized spacial score (nSPS) is 16.1. The molecule has 0 bridgehead atoms. The van der Waals surface area contributed by atoms with Gasteiger partial charge in [0.1, 0.15) is 0 Å². The molecule has 1 heterocycles. The van der Waals surface area contributed by atoms with E-state index in [1.165, 1.54) is 4.88 Å². The molecule has 1 saturated carbocycles. The molecule has 0 aliphatic heterocycles. The number of nitrogens with zero attached hydrogens (tertiary/aromatic N) is 1. The van der Waals surface area contributed by atoms with Crippen molar-refractivity contribution >= 4 is 23.5 Å². The molecule has 14 heavy (non-hydrogen) atoms. The van der Waals surface area contributed by atoms with Crippen molar-refractivity contribution in [2.75, 3.05) is 0 Å². The van der Waals surface area contributed by atoms with E-state index < -0.39 is 0 Å². The number of hydrogen-bond acceptors (Lipinski definition) is 3. The molecule has 0 spiro atoms. The van der Waals surface area contributed by atoms with Crippen molar-refractivity contribution in [3.8, 4) is 0 Å². The van der Waals surface area contributed by atoms with E-state index in [0.29, 0.717) is 0 Å². The van der Waals surface area contributed by atoms with Gasteiger partial charge in [0.2, 0.25) is 5.91 Å².